The average Bonchev–Trinajstić information content (AvgIpc) is 2.37. The largest absolute Gasteiger partial charge is 0.374 e. The van der Waals surface area contributed by atoms with Gasteiger partial charge in [0.15, 0.2) is 0 Å². The molecule has 0 fully saturated rings. The van der Waals surface area contributed by atoms with Gasteiger partial charge in [0.2, 0.25) is 0 Å². The van der Waals surface area contributed by atoms with Crippen LogP contribution in [0.15, 0.2) is 42.5 Å². The standard InChI is InChI=1S/C16H22N2/c1-16(2,11-17)12-18(3)15-10-6-8-13-7-4-5-9-14(13)15/h4-10H,11-12,17H2,1-3H3. The Bertz CT molecular complexity index is 526. The Hall–Kier alpha value is -1.54. The fourth-order valence-corrected chi connectivity index (χ4v) is 2.33. The molecule has 0 heterocycles. The zero-order chi connectivity index (χ0) is 13.2. The van der Waals surface area contributed by atoms with Gasteiger partial charge >= 0.3 is 0 Å². The third kappa shape index (κ3) is 2.65. The summed E-state index contributed by atoms with van der Waals surface area (Å²) in [5.41, 5.74) is 7.22. The minimum atomic E-state index is 0.131. The monoisotopic (exact) mass is 242 g/mol. The van der Waals surface area contributed by atoms with E-state index in [2.05, 4.69) is 68.3 Å². The van der Waals surface area contributed by atoms with E-state index in [1.54, 1.807) is 0 Å². The molecule has 2 heteroatoms. The van der Waals surface area contributed by atoms with Crippen LogP contribution in [0.1, 0.15) is 13.8 Å². The second-order valence-electron chi connectivity index (χ2n) is 5.72. The predicted octanol–water partition coefficient (Wildman–Crippen LogP) is 3.26. The molecular formula is C16H22N2. The Morgan fingerprint density at radius 1 is 1.06 bits per heavy atom. The van der Waals surface area contributed by atoms with E-state index < -0.39 is 0 Å². The van der Waals surface area contributed by atoms with Gasteiger partial charge in [-0.05, 0) is 23.4 Å². The van der Waals surface area contributed by atoms with Crippen molar-refractivity contribution < 1.29 is 0 Å². The zero-order valence-electron chi connectivity index (χ0n) is 11.5. The van der Waals surface area contributed by atoms with Gasteiger partial charge in [0.25, 0.3) is 0 Å². The van der Waals surface area contributed by atoms with Crippen LogP contribution in [-0.2, 0) is 0 Å². The minimum Gasteiger partial charge on any atom is -0.374 e. The van der Waals surface area contributed by atoms with Crippen LogP contribution in [0.4, 0.5) is 5.69 Å². The van der Waals surface area contributed by atoms with E-state index in [0.717, 1.165) is 6.54 Å². The molecule has 0 spiro atoms. The van der Waals surface area contributed by atoms with Crippen molar-refractivity contribution >= 4 is 16.5 Å². The molecule has 0 unspecified atom stereocenters. The summed E-state index contributed by atoms with van der Waals surface area (Å²) in [6, 6.07) is 14.9. The van der Waals surface area contributed by atoms with Gasteiger partial charge in [-0.3, -0.25) is 0 Å². The Morgan fingerprint density at radius 3 is 2.44 bits per heavy atom. The van der Waals surface area contributed by atoms with Crippen molar-refractivity contribution in [3.8, 4) is 0 Å². The van der Waals surface area contributed by atoms with E-state index in [9.17, 15) is 0 Å². The van der Waals surface area contributed by atoms with Gasteiger partial charge in [-0.15, -0.1) is 0 Å². The molecular weight excluding hydrogens is 220 g/mol. The number of nitrogens with zero attached hydrogens (tertiary/aromatic N) is 1. The van der Waals surface area contributed by atoms with E-state index in [-0.39, 0.29) is 5.41 Å². The molecule has 0 aromatic heterocycles. The molecule has 2 rings (SSSR count). The number of hydrogen-bond donors (Lipinski definition) is 1. The lowest BCUT2D eigenvalue weighted by atomic mass is 9.93. The molecule has 2 aromatic carbocycles. The first-order valence-electron chi connectivity index (χ1n) is 6.42. The van der Waals surface area contributed by atoms with Crippen molar-refractivity contribution in [2.45, 2.75) is 13.8 Å². The van der Waals surface area contributed by atoms with Crippen molar-refractivity contribution in [3.05, 3.63) is 42.5 Å². The summed E-state index contributed by atoms with van der Waals surface area (Å²) in [5.74, 6) is 0. The summed E-state index contributed by atoms with van der Waals surface area (Å²) in [6.07, 6.45) is 0. The van der Waals surface area contributed by atoms with Crippen molar-refractivity contribution in [1.29, 1.82) is 0 Å². The molecule has 0 atom stereocenters. The highest BCUT2D eigenvalue weighted by atomic mass is 15.1. The van der Waals surface area contributed by atoms with Gasteiger partial charge in [0.05, 0.1) is 0 Å². The predicted molar refractivity (Wildman–Crippen MR) is 80.1 cm³/mol. The summed E-state index contributed by atoms with van der Waals surface area (Å²) >= 11 is 0. The molecule has 18 heavy (non-hydrogen) atoms. The van der Waals surface area contributed by atoms with Crippen molar-refractivity contribution in [2.75, 3.05) is 25.0 Å². The molecule has 2 N–H and O–H groups in total. The highest BCUT2D eigenvalue weighted by molar-refractivity contribution is 5.94. The van der Waals surface area contributed by atoms with Crippen LogP contribution in [0, 0.1) is 5.41 Å². The maximum absolute atomic E-state index is 5.82. The molecule has 0 amide bonds. The van der Waals surface area contributed by atoms with E-state index in [0.29, 0.717) is 6.54 Å². The highest BCUT2D eigenvalue weighted by Gasteiger charge is 2.19. The van der Waals surface area contributed by atoms with Crippen LogP contribution in [-0.4, -0.2) is 20.1 Å². The highest BCUT2D eigenvalue weighted by Crippen LogP contribution is 2.28. The molecule has 0 aliphatic carbocycles. The molecule has 2 nitrogen and oxygen atoms in total. The lowest BCUT2D eigenvalue weighted by Crippen LogP contribution is -2.36. The van der Waals surface area contributed by atoms with Crippen molar-refractivity contribution in [2.24, 2.45) is 11.1 Å². The number of fused-ring (bicyclic) bond motifs is 1. The van der Waals surface area contributed by atoms with Crippen LogP contribution in [0.5, 0.6) is 0 Å². The SMILES string of the molecule is CN(CC(C)(C)CN)c1cccc2ccccc12. The molecule has 96 valence electrons. The van der Waals surface area contributed by atoms with E-state index >= 15 is 0 Å². The van der Waals surface area contributed by atoms with Crippen LogP contribution in [0.3, 0.4) is 0 Å². The minimum absolute atomic E-state index is 0.131. The first-order valence-corrected chi connectivity index (χ1v) is 6.42. The summed E-state index contributed by atoms with van der Waals surface area (Å²) < 4.78 is 0. The lowest BCUT2D eigenvalue weighted by molar-refractivity contribution is 0.385. The van der Waals surface area contributed by atoms with Crippen LogP contribution >= 0.6 is 0 Å². The second kappa shape index (κ2) is 4.99. The molecule has 2 aromatic rings. The number of nitrogens with two attached hydrogens (primary N) is 1. The first-order chi connectivity index (χ1) is 8.53. The smallest absolute Gasteiger partial charge is 0.0443 e. The normalized spacial score (nSPS) is 11.8. The molecule has 0 saturated carbocycles. The van der Waals surface area contributed by atoms with Crippen LogP contribution in [0.25, 0.3) is 10.8 Å². The fraction of sp³-hybridized carbons (Fsp3) is 0.375. The van der Waals surface area contributed by atoms with Gasteiger partial charge in [0, 0.05) is 24.7 Å². The summed E-state index contributed by atoms with van der Waals surface area (Å²) in [7, 11) is 2.14. The summed E-state index contributed by atoms with van der Waals surface area (Å²) in [4.78, 5) is 2.30. The van der Waals surface area contributed by atoms with Gasteiger partial charge < -0.3 is 10.6 Å². The molecule has 0 bridgehead atoms. The topological polar surface area (TPSA) is 29.3 Å². The lowest BCUT2D eigenvalue weighted by Gasteiger charge is -2.31. The Morgan fingerprint density at radius 2 is 1.72 bits per heavy atom. The Kier molecular flexibility index (Phi) is 3.58. The molecule has 0 saturated heterocycles. The summed E-state index contributed by atoms with van der Waals surface area (Å²) in [5, 5.41) is 2.59. The molecule has 0 radical (unpaired) electrons. The maximum Gasteiger partial charge on any atom is 0.0443 e. The van der Waals surface area contributed by atoms with Crippen LogP contribution in [0.2, 0.25) is 0 Å². The molecule has 0 aliphatic heterocycles. The van der Waals surface area contributed by atoms with Gasteiger partial charge in [-0.25, -0.2) is 0 Å². The zero-order valence-corrected chi connectivity index (χ0v) is 11.5. The second-order valence-corrected chi connectivity index (χ2v) is 5.72. The van der Waals surface area contributed by atoms with Gasteiger partial charge in [-0.2, -0.15) is 0 Å². The van der Waals surface area contributed by atoms with Gasteiger partial charge in [-0.1, -0.05) is 50.2 Å². The van der Waals surface area contributed by atoms with Crippen molar-refractivity contribution in [1.82, 2.24) is 0 Å². The van der Waals surface area contributed by atoms with Gasteiger partial charge in [0.1, 0.15) is 0 Å². The van der Waals surface area contributed by atoms with E-state index in [1.807, 2.05) is 0 Å². The molecule has 0 aliphatic rings. The number of anilines is 1. The Balaban J connectivity index is 2.36. The number of rotatable bonds is 4. The maximum atomic E-state index is 5.82. The fourth-order valence-electron chi connectivity index (χ4n) is 2.33. The Labute approximate surface area is 109 Å². The van der Waals surface area contributed by atoms with E-state index in [1.165, 1.54) is 16.5 Å². The number of hydrogen-bond acceptors (Lipinski definition) is 2. The average molecular weight is 242 g/mol. The third-order valence-electron chi connectivity index (χ3n) is 3.40. The van der Waals surface area contributed by atoms with E-state index in [4.69, 9.17) is 5.73 Å². The van der Waals surface area contributed by atoms with Crippen molar-refractivity contribution in [3.63, 3.8) is 0 Å². The number of benzene rings is 2. The van der Waals surface area contributed by atoms with Crippen LogP contribution < -0.4 is 10.6 Å². The summed E-state index contributed by atoms with van der Waals surface area (Å²) in [6.45, 7) is 6.06. The first kappa shape index (κ1) is 12.9. The third-order valence-corrected chi connectivity index (χ3v) is 3.40. The quantitative estimate of drug-likeness (QED) is 0.891.